The Morgan fingerprint density at radius 1 is 1.48 bits per heavy atom. The molecule has 0 aliphatic carbocycles. The molecular formula is C15H20N6OS. The SMILES string of the molecule is Cc1nc(CC(C)C)c(NC(=O)Nc2ccn(CCC#N)n2)s1. The molecule has 7 nitrogen and oxygen atoms in total. The highest BCUT2D eigenvalue weighted by molar-refractivity contribution is 7.16. The predicted octanol–water partition coefficient (Wildman–Crippen LogP) is 3.40. The van der Waals surface area contributed by atoms with Crippen LogP contribution in [0.15, 0.2) is 12.3 Å². The Hall–Kier alpha value is -2.40. The van der Waals surface area contributed by atoms with Crippen LogP contribution in [0.3, 0.4) is 0 Å². The maximum atomic E-state index is 12.1. The van der Waals surface area contributed by atoms with Gasteiger partial charge < -0.3 is 0 Å². The van der Waals surface area contributed by atoms with Crippen LogP contribution in [0.1, 0.15) is 31.0 Å². The molecule has 0 radical (unpaired) electrons. The Kier molecular flexibility index (Phi) is 5.71. The fraction of sp³-hybridized carbons (Fsp3) is 0.467. The van der Waals surface area contributed by atoms with Gasteiger partial charge in [0.2, 0.25) is 0 Å². The van der Waals surface area contributed by atoms with Gasteiger partial charge in [0.1, 0.15) is 5.00 Å². The van der Waals surface area contributed by atoms with Crippen LogP contribution in [0.25, 0.3) is 0 Å². The van der Waals surface area contributed by atoms with Crippen LogP contribution in [0.4, 0.5) is 15.6 Å². The van der Waals surface area contributed by atoms with Crippen LogP contribution in [0, 0.1) is 24.2 Å². The molecule has 0 unspecified atom stereocenters. The molecule has 0 bridgehead atoms. The molecule has 8 heteroatoms. The second kappa shape index (κ2) is 7.74. The number of aromatic nitrogens is 3. The maximum Gasteiger partial charge on any atom is 0.325 e. The van der Waals surface area contributed by atoms with Crippen molar-refractivity contribution in [3.05, 3.63) is 23.0 Å². The summed E-state index contributed by atoms with van der Waals surface area (Å²) in [5, 5.41) is 20.0. The summed E-state index contributed by atoms with van der Waals surface area (Å²) in [4.78, 5) is 16.6. The van der Waals surface area contributed by atoms with E-state index in [1.165, 1.54) is 11.3 Å². The van der Waals surface area contributed by atoms with E-state index in [0.717, 1.165) is 22.1 Å². The van der Waals surface area contributed by atoms with Gasteiger partial charge in [-0.25, -0.2) is 9.78 Å². The lowest BCUT2D eigenvalue weighted by atomic mass is 10.1. The zero-order valence-corrected chi connectivity index (χ0v) is 14.3. The lowest BCUT2D eigenvalue weighted by molar-refractivity contribution is 0.262. The van der Waals surface area contributed by atoms with Gasteiger partial charge in [-0.1, -0.05) is 13.8 Å². The van der Waals surface area contributed by atoms with E-state index >= 15 is 0 Å². The van der Waals surface area contributed by atoms with Crippen molar-refractivity contribution in [2.45, 2.75) is 40.2 Å². The molecule has 2 aromatic heterocycles. The lowest BCUT2D eigenvalue weighted by Gasteiger charge is -2.07. The molecule has 0 aromatic carbocycles. The molecule has 122 valence electrons. The predicted molar refractivity (Wildman–Crippen MR) is 90.5 cm³/mol. The van der Waals surface area contributed by atoms with E-state index in [0.29, 0.717) is 24.7 Å². The molecule has 0 aliphatic heterocycles. The number of rotatable bonds is 6. The zero-order valence-electron chi connectivity index (χ0n) is 13.5. The zero-order chi connectivity index (χ0) is 16.8. The van der Waals surface area contributed by atoms with Gasteiger partial charge in [0.15, 0.2) is 5.82 Å². The molecule has 0 atom stereocenters. The van der Waals surface area contributed by atoms with Crippen molar-refractivity contribution in [1.29, 1.82) is 5.26 Å². The first-order chi connectivity index (χ1) is 11.0. The fourth-order valence-electron chi connectivity index (χ4n) is 2.06. The van der Waals surface area contributed by atoms with Crippen molar-refractivity contribution in [3.63, 3.8) is 0 Å². The van der Waals surface area contributed by atoms with E-state index < -0.39 is 0 Å². The standard InChI is InChI=1S/C15H20N6OS/c1-10(2)9-12-14(23-11(3)17-12)19-15(22)18-13-5-8-21(20-13)7-4-6-16/h5,8,10H,4,7,9H2,1-3H3,(H2,18,19,20,22). The van der Waals surface area contributed by atoms with Crippen molar-refractivity contribution in [2.75, 3.05) is 10.6 Å². The minimum atomic E-state index is -0.343. The van der Waals surface area contributed by atoms with Gasteiger partial charge in [0.05, 0.1) is 29.7 Å². The molecule has 2 amide bonds. The summed E-state index contributed by atoms with van der Waals surface area (Å²) in [5.74, 6) is 0.919. The number of anilines is 2. The van der Waals surface area contributed by atoms with Crippen molar-refractivity contribution in [2.24, 2.45) is 5.92 Å². The number of urea groups is 1. The van der Waals surface area contributed by atoms with E-state index in [1.54, 1.807) is 16.9 Å². The molecule has 2 aromatic rings. The average molecular weight is 332 g/mol. The number of carbonyl (C=O) groups is 1. The number of nitriles is 1. The Balaban J connectivity index is 1.97. The summed E-state index contributed by atoms with van der Waals surface area (Å²) in [7, 11) is 0. The summed E-state index contributed by atoms with van der Waals surface area (Å²) in [6.07, 6.45) is 2.93. The number of nitrogens with one attached hydrogen (secondary N) is 2. The van der Waals surface area contributed by atoms with Gasteiger partial charge in [-0.3, -0.25) is 15.3 Å². The third-order valence-corrected chi connectivity index (χ3v) is 3.90. The first kappa shape index (κ1) is 17.0. The molecule has 0 saturated carbocycles. The third-order valence-electron chi connectivity index (χ3n) is 2.97. The van der Waals surface area contributed by atoms with Gasteiger partial charge in [-0.15, -0.1) is 11.3 Å². The Morgan fingerprint density at radius 2 is 2.26 bits per heavy atom. The Labute approximate surface area is 139 Å². The first-order valence-corrected chi connectivity index (χ1v) is 8.24. The van der Waals surface area contributed by atoms with Gasteiger partial charge in [-0.05, 0) is 19.3 Å². The number of thiazole rings is 1. The summed E-state index contributed by atoms with van der Waals surface area (Å²) in [5.41, 5.74) is 0.914. The summed E-state index contributed by atoms with van der Waals surface area (Å²) in [6, 6.07) is 3.41. The Bertz CT molecular complexity index is 712. The number of amides is 2. The molecule has 2 heterocycles. The van der Waals surface area contributed by atoms with Crippen molar-refractivity contribution >= 4 is 28.2 Å². The second-order valence-electron chi connectivity index (χ2n) is 5.56. The third kappa shape index (κ3) is 5.07. The van der Waals surface area contributed by atoms with Crippen molar-refractivity contribution in [1.82, 2.24) is 14.8 Å². The number of hydrogen-bond acceptors (Lipinski definition) is 5. The van der Waals surface area contributed by atoms with Gasteiger partial charge >= 0.3 is 6.03 Å². The smallest absolute Gasteiger partial charge is 0.297 e. The minimum Gasteiger partial charge on any atom is -0.297 e. The lowest BCUT2D eigenvalue weighted by Crippen LogP contribution is -2.20. The minimum absolute atomic E-state index is 0.343. The maximum absolute atomic E-state index is 12.1. The van der Waals surface area contributed by atoms with E-state index in [1.807, 2.05) is 6.92 Å². The van der Waals surface area contributed by atoms with Gasteiger partial charge in [0.25, 0.3) is 0 Å². The molecule has 0 saturated heterocycles. The van der Waals surface area contributed by atoms with E-state index in [2.05, 4.69) is 40.6 Å². The monoisotopic (exact) mass is 332 g/mol. The molecule has 0 fully saturated rings. The summed E-state index contributed by atoms with van der Waals surface area (Å²) in [6.45, 7) is 6.67. The van der Waals surface area contributed by atoms with Gasteiger partial charge in [0, 0.05) is 12.3 Å². The summed E-state index contributed by atoms with van der Waals surface area (Å²) < 4.78 is 1.62. The topological polar surface area (TPSA) is 95.6 Å². The molecule has 0 spiro atoms. The highest BCUT2D eigenvalue weighted by Gasteiger charge is 2.14. The highest BCUT2D eigenvalue weighted by Crippen LogP contribution is 2.26. The summed E-state index contributed by atoms with van der Waals surface area (Å²) >= 11 is 1.47. The quantitative estimate of drug-likeness (QED) is 0.847. The Morgan fingerprint density at radius 3 is 2.96 bits per heavy atom. The largest absolute Gasteiger partial charge is 0.325 e. The molecule has 2 rings (SSSR count). The van der Waals surface area contributed by atoms with Crippen molar-refractivity contribution < 1.29 is 4.79 Å². The van der Waals surface area contributed by atoms with Crippen LogP contribution >= 0.6 is 11.3 Å². The van der Waals surface area contributed by atoms with Crippen molar-refractivity contribution in [3.8, 4) is 6.07 Å². The normalized spacial score (nSPS) is 10.6. The molecular weight excluding hydrogens is 312 g/mol. The van der Waals surface area contributed by atoms with Crippen LogP contribution in [0.2, 0.25) is 0 Å². The average Bonchev–Trinajstić information content (AvgIpc) is 3.03. The molecule has 2 N–H and O–H groups in total. The number of nitrogens with zero attached hydrogens (tertiary/aromatic N) is 4. The number of carbonyl (C=O) groups excluding carboxylic acids is 1. The first-order valence-electron chi connectivity index (χ1n) is 7.42. The van der Waals surface area contributed by atoms with E-state index in [-0.39, 0.29) is 6.03 Å². The number of hydrogen-bond donors (Lipinski definition) is 2. The number of aryl methyl sites for hydroxylation is 2. The van der Waals surface area contributed by atoms with Crippen LogP contribution in [0.5, 0.6) is 0 Å². The van der Waals surface area contributed by atoms with E-state index in [9.17, 15) is 4.79 Å². The highest BCUT2D eigenvalue weighted by atomic mass is 32.1. The molecule has 0 aliphatic rings. The van der Waals surface area contributed by atoms with Gasteiger partial charge in [-0.2, -0.15) is 10.4 Å². The fourth-order valence-corrected chi connectivity index (χ4v) is 2.90. The van der Waals surface area contributed by atoms with Crippen LogP contribution in [-0.2, 0) is 13.0 Å². The second-order valence-corrected chi connectivity index (χ2v) is 6.76. The molecule has 23 heavy (non-hydrogen) atoms. The van der Waals surface area contributed by atoms with E-state index in [4.69, 9.17) is 5.26 Å². The van der Waals surface area contributed by atoms with Crippen LogP contribution < -0.4 is 10.6 Å². The van der Waals surface area contributed by atoms with Crippen LogP contribution in [-0.4, -0.2) is 20.8 Å².